The largest absolute Gasteiger partial charge is 0.330 e. The molecule has 0 saturated heterocycles. The number of carbonyl (C=O) groups is 1. The van der Waals surface area contributed by atoms with E-state index in [2.05, 4.69) is 0 Å². The van der Waals surface area contributed by atoms with Crippen molar-refractivity contribution in [1.82, 2.24) is 0 Å². The van der Waals surface area contributed by atoms with Gasteiger partial charge in [0.15, 0.2) is 5.78 Å². The smallest absolute Gasteiger partial charge is 0.166 e. The number of Topliss-reactive ketones (excluding diaryl/α,β-unsaturated/α-hetero) is 1. The second-order valence-electron chi connectivity index (χ2n) is 5.21. The van der Waals surface area contributed by atoms with Crippen molar-refractivity contribution in [3.05, 3.63) is 35.1 Å². The summed E-state index contributed by atoms with van der Waals surface area (Å²) in [5, 5.41) is 0. The maximum absolute atomic E-state index is 13.3. The summed E-state index contributed by atoms with van der Waals surface area (Å²) in [6.45, 7) is 2.40. The Kier molecular flexibility index (Phi) is 4.12. The minimum absolute atomic E-state index is 0.0238. The summed E-state index contributed by atoms with van der Waals surface area (Å²) in [7, 11) is 0. The number of rotatable bonds is 3. The van der Waals surface area contributed by atoms with E-state index in [0.29, 0.717) is 12.1 Å². The highest BCUT2D eigenvalue weighted by Crippen LogP contribution is 2.32. The molecule has 18 heavy (non-hydrogen) atoms. The van der Waals surface area contributed by atoms with Crippen molar-refractivity contribution in [3.63, 3.8) is 0 Å². The number of nitrogens with two attached hydrogens (primary N) is 1. The van der Waals surface area contributed by atoms with E-state index in [0.717, 1.165) is 31.2 Å². The zero-order valence-electron chi connectivity index (χ0n) is 10.8. The van der Waals surface area contributed by atoms with Gasteiger partial charge in [-0.1, -0.05) is 18.9 Å². The highest BCUT2D eigenvalue weighted by molar-refractivity contribution is 5.99. The Labute approximate surface area is 107 Å². The number of aryl methyl sites for hydroxylation is 1. The van der Waals surface area contributed by atoms with Gasteiger partial charge in [0.05, 0.1) is 0 Å². The van der Waals surface area contributed by atoms with Gasteiger partial charge in [0.1, 0.15) is 5.82 Å². The van der Waals surface area contributed by atoms with Gasteiger partial charge in [0.2, 0.25) is 0 Å². The second kappa shape index (κ2) is 5.61. The molecule has 0 spiro atoms. The minimum atomic E-state index is -0.343. The fraction of sp³-hybridized carbons (Fsp3) is 0.533. The molecule has 0 aliphatic heterocycles. The molecule has 2 nitrogen and oxygen atoms in total. The van der Waals surface area contributed by atoms with E-state index in [9.17, 15) is 9.18 Å². The van der Waals surface area contributed by atoms with Crippen LogP contribution in [-0.2, 0) is 0 Å². The molecule has 1 aromatic carbocycles. The number of benzene rings is 1. The van der Waals surface area contributed by atoms with Crippen LogP contribution in [0, 0.1) is 24.6 Å². The summed E-state index contributed by atoms with van der Waals surface area (Å²) in [5.74, 6) is -0.0376. The van der Waals surface area contributed by atoms with Gasteiger partial charge in [-0.25, -0.2) is 4.39 Å². The van der Waals surface area contributed by atoms with Gasteiger partial charge >= 0.3 is 0 Å². The molecule has 2 atom stereocenters. The zero-order chi connectivity index (χ0) is 13.1. The molecule has 0 heterocycles. The maximum Gasteiger partial charge on any atom is 0.166 e. The Hall–Kier alpha value is -1.22. The Morgan fingerprint density at radius 2 is 2.11 bits per heavy atom. The number of ketones is 1. The second-order valence-corrected chi connectivity index (χ2v) is 5.21. The number of halogens is 1. The number of hydrogen-bond acceptors (Lipinski definition) is 2. The van der Waals surface area contributed by atoms with E-state index in [1.54, 1.807) is 6.07 Å². The first-order chi connectivity index (χ1) is 8.63. The Bertz CT molecular complexity index is 444. The van der Waals surface area contributed by atoms with E-state index in [1.807, 2.05) is 6.92 Å². The molecule has 1 aliphatic rings. The van der Waals surface area contributed by atoms with Crippen molar-refractivity contribution in [2.24, 2.45) is 17.6 Å². The van der Waals surface area contributed by atoms with E-state index < -0.39 is 0 Å². The quantitative estimate of drug-likeness (QED) is 0.836. The van der Waals surface area contributed by atoms with Crippen LogP contribution >= 0.6 is 0 Å². The SMILES string of the molecule is Cc1ccc(F)cc1C(=O)C1CCCCC1CN. The third-order valence-corrected chi connectivity index (χ3v) is 4.01. The molecule has 0 radical (unpaired) electrons. The lowest BCUT2D eigenvalue weighted by Gasteiger charge is -2.29. The first kappa shape index (κ1) is 13.2. The van der Waals surface area contributed by atoms with Gasteiger partial charge in [0, 0.05) is 11.5 Å². The van der Waals surface area contributed by atoms with Gasteiger partial charge in [-0.2, -0.15) is 0 Å². The first-order valence-electron chi connectivity index (χ1n) is 6.64. The summed E-state index contributed by atoms with van der Waals surface area (Å²) in [4.78, 5) is 12.5. The fourth-order valence-corrected chi connectivity index (χ4v) is 2.89. The summed E-state index contributed by atoms with van der Waals surface area (Å²) < 4.78 is 13.3. The van der Waals surface area contributed by atoms with Crippen LogP contribution in [0.3, 0.4) is 0 Å². The maximum atomic E-state index is 13.3. The molecule has 2 N–H and O–H groups in total. The molecule has 2 rings (SSSR count). The van der Waals surface area contributed by atoms with Crippen LogP contribution in [0.4, 0.5) is 4.39 Å². The molecule has 0 bridgehead atoms. The molecule has 1 saturated carbocycles. The van der Waals surface area contributed by atoms with Gasteiger partial charge in [-0.15, -0.1) is 0 Å². The van der Waals surface area contributed by atoms with Crippen LogP contribution < -0.4 is 5.73 Å². The third-order valence-electron chi connectivity index (χ3n) is 4.01. The molecular formula is C15H20FNO. The normalized spacial score (nSPS) is 23.9. The van der Waals surface area contributed by atoms with Gasteiger partial charge in [-0.3, -0.25) is 4.79 Å². The van der Waals surface area contributed by atoms with Crippen molar-refractivity contribution >= 4 is 5.78 Å². The molecule has 0 amide bonds. The molecule has 3 heteroatoms. The Morgan fingerprint density at radius 1 is 1.39 bits per heavy atom. The lowest BCUT2D eigenvalue weighted by atomic mass is 9.75. The molecule has 0 aromatic heterocycles. The lowest BCUT2D eigenvalue weighted by molar-refractivity contribution is 0.0828. The predicted molar refractivity (Wildman–Crippen MR) is 70.0 cm³/mol. The van der Waals surface area contributed by atoms with Crippen molar-refractivity contribution < 1.29 is 9.18 Å². The number of carbonyl (C=O) groups excluding carboxylic acids is 1. The van der Waals surface area contributed by atoms with Crippen LogP contribution in [0.25, 0.3) is 0 Å². The molecule has 98 valence electrons. The van der Waals surface area contributed by atoms with Gasteiger partial charge in [0.25, 0.3) is 0 Å². The summed E-state index contributed by atoms with van der Waals surface area (Å²) in [6.07, 6.45) is 4.12. The van der Waals surface area contributed by atoms with Crippen LogP contribution in [-0.4, -0.2) is 12.3 Å². The standard InChI is InChI=1S/C15H20FNO/c1-10-6-7-12(16)8-14(10)15(18)13-5-3-2-4-11(13)9-17/h6-8,11,13H,2-5,9,17H2,1H3. The minimum Gasteiger partial charge on any atom is -0.330 e. The summed E-state index contributed by atoms with van der Waals surface area (Å²) in [5.41, 5.74) is 7.13. The zero-order valence-corrected chi connectivity index (χ0v) is 10.8. The van der Waals surface area contributed by atoms with Crippen LogP contribution in [0.1, 0.15) is 41.6 Å². The van der Waals surface area contributed by atoms with Crippen molar-refractivity contribution in [1.29, 1.82) is 0 Å². The first-order valence-corrected chi connectivity index (χ1v) is 6.64. The van der Waals surface area contributed by atoms with Crippen molar-refractivity contribution in [2.45, 2.75) is 32.6 Å². The van der Waals surface area contributed by atoms with Crippen LogP contribution in [0.5, 0.6) is 0 Å². The van der Waals surface area contributed by atoms with E-state index in [1.165, 1.54) is 12.1 Å². The van der Waals surface area contributed by atoms with E-state index >= 15 is 0 Å². The average molecular weight is 249 g/mol. The van der Waals surface area contributed by atoms with E-state index in [4.69, 9.17) is 5.73 Å². The fourth-order valence-electron chi connectivity index (χ4n) is 2.89. The molecule has 1 aromatic rings. The highest BCUT2D eigenvalue weighted by Gasteiger charge is 2.31. The molecule has 2 unspecified atom stereocenters. The summed E-state index contributed by atoms with van der Waals surface area (Å²) in [6, 6.07) is 4.43. The molecule has 1 fully saturated rings. The number of hydrogen-bond donors (Lipinski definition) is 1. The van der Waals surface area contributed by atoms with E-state index in [-0.39, 0.29) is 23.4 Å². The highest BCUT2D eigenvalue weighted by atomic mass is 19.1. The van der Waals surface area contributed by atoms with Crippen molar-refractivity contribution in [2.75, 3.05) is 6.54 Å². The lowest BCUT2D eigenvalue weighted by Crippen LogP contribution is -2.32. The average Bonchev–Trinajstić information content (AvgIpc) is 2.40. The van der Waals surface area contributed by atoms with Crippen molar-refractivity contribution in [3.8, 4) is 0 Å². The summed E-state index contributed by atoms with van der Waals surface area (Å²) >= 11 is 0. The predicted octanol–water partition coefficient (Wildman–Crippen LogP) is 3.08. The van der Waals surface area contributed by atoms with Crippen LogP contribution in [0.15, 0.2) is 18.2 Å². The Morgan fingerprint density at radius 3 is 2.83 bits per heavy atom. The molecule has 1 aliphatic carbocycles. The topological polar surface area (TPSA) is 43.1 Å². The Balaban J connectivity index is 2.26. The monoisotopic (exact) mass is 249 g/mol. The molecular weight excluding hydrogens is 229 g/mol. The van der Waals surface area contributed by atoms with Gasteiger partial charge in [-0.05, 0) is 49.9 Å². The third kappa shape index (κ3) is 2.61. The van der Waals surface area contributed by atoms with Gasteiger partial charge < -0.3 is 5.73 Å². The van der Waals surface area contributed by atoms with Crippen LogP contribution in [0.2, 0.25) is 0 Å².